The number of likely N-dealkylation sites (tertiary alicyclic amines) is 1. The van der Waals surface area contributed by atoms with Gasteiger partial charge in [0.1, 0.15) is 28.5 Å². The molecule has 0 aliphatic carbocycles. The molecule has 13 heteroatoms. The summed E-state index contributed by atoms with van der Waals surface area (Å²) in [4.78, 5) is 37.1. The fourth-order valence-corrected chi connectivity index (χ4v) is 5.35. The van der Waals surface area contributed by atoms with Crippen molar-refractivity contribution in [3.05, 3.63) is 83.6 Å². The van der Waals surface area contributed by atoms with E-state index in [1.54, 1.807) is 35.9 Å². The third-order valence-electron chi connectivity index (χ3n) is 7.65. The molecular weight excluding hydrogens is 578 g/mol. The minimum atomic E-state index is -1.10. The molecule has 44 heavy (non-hydrogen) atoms. The van der Waals surface area contributed by atoms with E-state index in [0.717, 1.165) is 12.3 Å². The average molecular weight is 604 g/mol. The van der Waals surface area contributed by atoms with E-state index in [-0.39, 0.29) is 51.2 Å². The van der Waals surface area contributed by atoms with Gasteiger partial charge in [-0.1, -0.05) is 24.3 Å². The lowest BCUT2D eigenvalue weighted by Gasteiger charge is -2.27. The van der Waals surface area contributed by atoms with Crippen molar-refractivity contribution < 1.29 is 27.1 Å². The zero-order valence-corrected chi connectivity index (χ0v) is 23.9. The van der Waals surface area contributed by atoms with Gasteiger partial charge in [-0.2, -0.15) is 9.97 Å². The van der Waals surface area contributed by atoms with Gasteiger partial charge in [-0.25, -0.2) is 27.5 Å². The first kappa shape index (κ1) is 28.9. The second-order valence-corrected chi connectivity index (χ2v) is 10.3. The van der Waals surface area contributed by atoms with Gasteiger partial charge in [0, 0.05) is 49.4 Å². The van der Waals surface area contributed by atoms with Crippen LogP contribution in [-0.2, 0) is 4.79 Å². The minimum absolute atomic E-state index is 0.0172. The van der Waals surface area contributed by atoms with Crippen molar-refractivity contribution in [2.24, 2.45) is 0 Å². The van der Waals surface area contributed by atoms with Gasteiger partial charge in [0.2, 0.25) is 5.91 Å². The highest BCUT2D eigenvalue weighted by atomic mass is 19.2. The normalized spacial score (nSPS) is 15.1. The number of carbonyl (C=O) groups is 1. The Hall–Kier alpha value is -5.20. The van der Waals surface area contributed by atoms with Crippen LogP contribution in [0.5, 0.6) is 6.01 Å². The molecule has 0 spiro atoms. The number of halogens is 4. The van der Waals surface area contributed by atoms with Gasteiger partial charge in [0.15, 0.2) is 23.3 Å². The molecule has 6 rings (SSSR count). The lowest BCUT2D eigenvalue weighted by molar-refractivity contribution is -0.124. The standard InChI is InChI=1S/C31H25F4N7O2/c1-16-36-14-22(33)23(38-16)9-10-24(43)42-12-11-18(15-42)41(2)30-20-13-37-28(27(35)29(20)39-31(40-30)44-3)19-6-4-5-17-7-8-21(32)26(34)25(17)19/h4-10,13-14,18H,11-12,15H2,1-3H3/b10-9+. The summed E-state index contributed by atoms with van der Waals surface area (Å²) in [6.45, 7) is 2.36. The van der Waals surface area contributed by atoms with Crippen LogP contribution >= 0.6 is 0 Å². The smallest absolute Gasteiger partial charge is 0.318 e. The maximum atomic E-state index is 16.2. The van der Waals surface area contributed by atoms with Crippen LogP contribution in [0.4, 0.5) is 23.4 Å². The molecule has 2 aromatic carbocycles. The van der Waals surface area contributed by atoms with Crippen LogP contribution in [0.15, 0.2) is 48.8 Å². The summed E-state index contributed by atoms with van der Waals surface area (Å²) in [6.07, 6.45) is 5.58. The molecule has 1 atom stereocenters. The number of pyridine rings is 1. The molecule has 1 fully saturated rings. The van der Waals surface area contributed by atoms with Crippen molar-refractivity contribution in [1.82, 2.24) is 29.8 Å². The van der Waals surface area contributed by atoms with Gasteiger partial charge < -0.3 is 14.5 Å². The predicted octanol–water partition coefficient (Wildman–Crippen LogP) is 5.26. The second kappa shape index (κ2) is 11.5. The van der Waals surface area contributed by atoms with Crippen LogP contribution < -0.4 is 9.64 Å². The van der Waals surface area contributed by atoms with Crippen LogP contribution in [0.2, 0.25) is 0 Å². The Balaban J connectivity index is 1.32. The number of benzene rings is 2. The number of methoxy groups -OCH3 is 1. The lowest BCUT2D eigenvalue weighted by atomic mass is 10.00. The topological polar surface area (TPSA) is 97.2 Å². The average Bonchev–Trinajstić information content (AvgIpc) is 3.53. The van der Waals surface area contributed by atoms with Crippen molar-refractivity contribution in [3.8, 4) is 17.3 Å². The number of anilines is 1. The maximum Gasteiger partial charge on any atom is 0.318 e. The van der Waals surface area contributed by atoms with Crippen molar-refractivity contribution in [1.29, 1.82) is 0 Å². The van der Waals surface area contributed by atoms with E-state index in [2.05, 4.69) is 24.9 Å². The van der Waals surface area contributed by atoms with E-state index in [0.29, 0.717) is 36.5 Å². The Morgan fingerprint density at radius 2 is 1.84 bits per heavy atom. The summed E-state index contributed by atoms with van der Waals surface area (Å²) in [5.74, 6) is -3.28. The first-order valence-corrected chi connectivity index (χ1v) is 13.6. The summed E-state index contributed by atoms with van der Waals surface area (Å²) >= 11 is 0. The lowest BCUT2D eigenvalue weighted by Crippen LogP contribution is -2.36. The summed E-state index contributed by atoms with van der Waals surface area (Å²) < 4.78 is 64.4. The summed E-state index contributed by atoms with van der Waals surface area (Å²) in [5, 5.41) is 0.551. The number of aromatic nitrogens is 5. The van der Waals surface area contributed by atoms with Crippen LogP contribution in [0.25, 0.3) is 39.0 Å². The first-order chi connectivity index (χ1) is 21.2. The van der Waals surface area contributed by atoms with Crippen LogP contribution in [0, 0.1) is 30.2 Å². The Morgan fingerprint density at radius 3 is 2.64 bits per heavy atom. The largest absolute Gasteiger partial charge is 0.467 e. The van der Waals surface area contributed by atoms with E-state index in [1.165, 1.54) is 37.6 Å². The summed E-state index contributed by atoms with van der Waals surface area (Å²) in [7, 11) is 3.10. The summed E-state index contributed by atoms with van der Waals surface area (Å²) in [5.41, 5.74) is -0.236. The number of hydrogen-bond donors (Lipinski definition) is 0. The highest BCUT2D eigenvalue weighted by Crippen LogP contribution is 2.36. The van der Waals surface area contributed by atoms with E-state index >= 15 is 4.39 Å². The predicted molar refractivity (Wildman–Crippen MR) is 156 cm³/mol. The van der Waals surface area contributed by atoms with Crippen LogP contribution in [0.1, 0.15) is 17.9 Å². The van der Waals surface area contributed by atoms with Crippen LogP contribution in [-0.4, -0.2) is 69.0 Å². The Morgan fingerprint density at radius 1 is 1.02 bits per heavy atom. The second-order valence-electron chi connectivity index (χ2n) is 10.3. The minimum Gasteiger partial charge on any atom is -0.467 e. The molecule has 0 bridgehead atoms. The molecule has 9 nitrogen and oxygen atoms in total. The number of nitrogens with zero attached hydrogens (tertiary/aromatic N) is 7. The van der Waals surface area contributed by atoms with Crippen LogP contribution in [0.3, 0.4) is 0 Å². The fraction of sp³-hybridized carbons (Fsp3) is 0.226. The van der Waals surface area contributed by atoms with Crippen molar-refractivity contribution in [2.45, 2.75) is 19.4 Å². The van der Waals surface area contributed by atoms with E-state index in [9.17, 15) is 18.0 Å². The molecule has 5 aromatic rings. The number of fused-ring (bicyclic) bond motifs is 2. The molecule has 1 amide bonds. The number of hydrogen-bond acceptors (Lipinski definition) is 8. The molecule has 224 valence electrons. The fourth-order valence-electron chi connectivity index (χ4n) is 5.35. The van der Waals surface area contributed by atoms with Gasteiger partial charge >= 0.3 is 6.01 Å². The maximum absolute atomic E-state index is 16.2. The highest BCUT2D eigenvalue weighted by Gasteiger charge is 2.31. The number of rotatable bonds is 6. The molecule has 4 heterocycles. The quantitative estimate of drug-likeness (QED) is 0.192. The van der Waals surface area contributed by atoms with Gasteiger partial charge in [0.25, 0.3) is 0 Å². The molecule has 1 unspecified atom stereocenters. The monoisotopic (exact) mass is 603 g/mol. The third-order valence-corrected chi connectivity index (χ3v) is 7.65. The highest BCUT2D eigenvalue weighted by molar-refractivity contribution is 5.99. The Kier molecular flexibility index (Phi) is 7.53. The SMILES string of the molecule is COc1nc(N(C)C2CCN(C(=O)/C=C/c3nc(C)ncc3F)C2)c2cnc(-c3cccc4ccc(F)c(F)c34)c(F)c2n1. The van der Waals surface area contributed by atoms with E-state index < -0.39 is 23.3 Å². The number of aryl methyl sites for hydroxylation is 1. The molecule has 0 radical (unpaired) electrons. The molecule has 1 aliphatic heterocycles. The Labute approximate surface area is 248 Å². The van der Waals surface area contributed by atoms with Gasteiger partial charge in [0.05, 0.1) is 18.7 Å². The summed E-state index contributed by atoms with van der Waals surface area (Å²) in [6, 6.07) is 6.76. The van der Waals surface area contributed by atoms with Gasteiger partial charge in [-0.05, 0) is 30.9 Å². The zero-order valence-electron chi connectivity index (χ0n) is 23.9. The molecule has 1 aliphatic rings. The van der Waals surface area contributed by atoms with Gasteiger partial charge in [-0.3, -0.25) is 9.78 Å². The molecule has 0 N–H and O–H groups in total. The van der Waals surface area contributed by atoms with Crippen molar-refractivity contribution >= 4 is 39.5 Å². The number of amides is 1. The molecular formula is C31H25F4N7O2. The Bertz CT molecular complexity index is 1970. The number of ether oxygens (including phenoxy) is 1. The van der Waals surface area contributed by atoms with Gasteiger partial charge in [-0.15, -0.1) is 0 Å². The van der Waals surface area contributed by atoms with E-state index in [1.807, 2.05) is 0 Å². The third kappa shape index (κ3) is 5.14. The first-order valence-electron chi connectivity index (χ1n) is 13.6. The van der Waals surface area contributed by atoms with Crippen molar-refractivity contribution in [3.63, 3.8) is 0 Å². The molecule has 0 saturated carbocycles. The van der Waals surface area contributed by atoms with Crippen molar-refractivity contribution in [2.75, 3.05) is 32.1 Å². The zero-order chi connectivity index (χ0) is 31.1. The molecule has 1 saturated heterocycles. The molecule has 3 aromatic heterocycles. The number of likely N-dealkylation sites (N-methyl/N-ethyl adjacent to an activating group) is 1. The number of carbonyl (C=O) groups excluding carboxylic acids is 1. The van der Waals surface area contributed by atoms with E-state index in [4.69, 9.17) is 4.74 Å².